The Morgan fingerprint density at radius 2 is 1.21 bits per heavy atom. The zero-order valence-corrected chi connectivity index (χ0v) is 34.7. The summed E-state index contributed by atoms with van der Waals surface area (Å²) >= 11 is 1.87. The number of benzene rings is 7. The lowest BCUT2D eigenvalue weighted by atomic mass is 9.70. The van der Waals surface area contributed by atoms with Crippen molar-refractivity contribution in [3.63, 3.8) is 0 Å². The highest BCUT2D eigenvalue weighted by Gasteiger charge is 2.52. The molecule has 2 nitrogen and oxygen atoms in total. The van der Waals surface area contributed by atoms with Crippen LogP contribution in [0.5, 0.6) is 0 Å². The maximum absolute atomic E-state index is 7.08. The molecular formula is C58H44N2S. The minimum absolute atomic E-state index is 0.0779. The third kappa shape index (κ3) is 4.91. The monoisotopic (exact) mass is 800 g/mol. The molecule has 3 heteroatoms. The summed E-state index contributed by atoms with van der Waals surface area (Å²) in [5, 5.41) is 2.65. The highest BCUT2D eigenvalue weighted by molar-refractivity contribution is 7.25. The summed E-state index contributed by atoms with van der Waals surface area (Å²) in [5.41, 5.74) is 33.8. The molecule has 0 radical (unpaired) electrons. The molecule has 0 amide bonds. The number of hydrogen-bond acceptors (Lipinski definition) is 3. The van der Waals surface area contributed by atoms with E-state index < -0.39 is 11.1 Å². The minimum atomic E-state index is -0.939. The van der Waals surface area contributed by atoms with Gasteiger partial charge >= 0.3 is 0 Å². The highest BCUT2D eigenvalue weighted by atomic mass is 32.1. The van der Waals surface area contributed by atoms with Gasteiger partial charge < -0.3 is 11.5 Å². The Morgan fingerprint density at radius 3 is 2.00 bits per heavy atom. The first kappa shape index (κ1) is 35.4. The summed E-state index contributed by atoms with van der Waals surface area (Å²) < 4.78 is 2.66. The summed E-state index contributed by atoms with van der Waals surface area (Å²) in [5.74, 6) is 0.338. The van der Waals surface area contributed by atoms with Gasteiger partial charge in [-0.25, -0.2) is 0 Å². The van der Waals surface area contributed by atoms with Crippen LogP contribution in [-0.4, -0.2) is 5.66 Å². The lowest BCUT2D eigenvalue weighted by molar-refractivity contribution is 0.598. The van der Waals surface area contributed by atoms with Crippen LogP contribution in [0.3, 0.4) is 0 Å². The molecule has 7 aromatic carbocycles. The van der Waals surface area contributed by atoms with Crippen molar-refractivity contribution in [2.75, 3.05) is 0 Å². The molecule has 5 aliphatic carbocycles. The van der Waals surface area contributed by atoms with Crippen LogP contribution in [0.1, 0.15) is 65.0 Å². The molecule has 2 atom stereocenters. The molecule has 0 aliphatic heterocycles. The maximum atomic E-state index is 7.08. The smallest absolute Gasteiger partial charge is 0.113 e. The maximum Gasteiger partial charge on any atom is 0.113 e. The topological polar surface area (TPSA) is 52.0 Å². The second-order valence-electron chi connectivity index (χ2n) is 17.7. The summed E-state index contributed by atoms with van der Waals surface area (Å²) in [4.78, 5) is 0. The summed E-state index contributed by atoms with van der Waals surface area (Å²) in [6, 6.07) is 59.7. The molecule has 1 heterocycles. The van der Waals surface area contributed by atoms with Gasteiger partial charge in [-0.15, -0.1) is 11.3 Å². The van der Waals surface area contributed by atoms with Crippen molar-refractivity contribution >= 4 is 31.5 Å². The van der Waals surface area contributed by atoms with Gasteiger partial charge in [0.15, 0.2) is 0 Å². The molecule has 1 spiro atoms. The Kier molecular flexibility index (Phi) is 7.59. The van der Waals surface area contributed by atoms with Crippen molar-refractivity contribution in [1.29, 1.82) is 0 Å². The Labute approximate surface area is 360 Å². The van der Waals surface area contributed by atoms with Crippen LogP contribution in [-0.2, 0) is 5.41 Å². The first-order valence-corrected chi connectivity index (χ1v) is 22.7. The lowest BCUT2D eigenvalue weighted by Crippen LogP contribution is -2.50. The Hall–Kier alpha value is -6.36. The standard InChI is InChI=1S/C58H44N2S/c59-58(60)51-21-9-3-14-41(51)42-30-24-35(33-53(42)58)32-46(37-27-25-36(26-28-37)38-29-31-55-47(34-38)43-15-5-10-23-54(43)61-55)44-17-11-22-52-56(44)45-16-4-8-20-50(45)57(52)48-18-6-1-12-39(48)40-13-2-7-19-49(40)57/h1-2,4-8,10-29,31,33-34,42,46H,3,9,30,32,59-60H2. The van der Waals surface area contributed by atoms with Crippen molar-refractivity contribution in [2.45, 2.75) is 42.7 Å². The van der Waals surface area contributed by atoms with Crippen LogP contribution >= 0.6 is 11.3 Å². The summed E-state index contributed by atoms with van der Waals surface area (Å²) in [7, 11) is 0. The van der Waals surface area contributed by atoms with Gasteiger partial charge in [0.1, 0.15) is 5.66 Å². The second kappa shape index (κ2) is 13.1. The molecular weight excluding hydrogens is 757 g/mol. The predicted octanol–water partition coefficient (Wildman–Crippen LogP) is 13.7. The van der Waals surface area contributed by atoms with Gasteiger partial charge in [0, 0.05) is 32.0 Å². The van der Waals surface area contributed by atoms with Crippen molar-refractivity contribution in [1.82, 2.24) is 0 Å². The third-order valence-corrected chi connectivity index (χ3v) is 15.9. The van der Waals surface area contributed by atoms with Crippen LogP contribution in [0.4, 0.5) is 0 Å². The summed E-state index contributed by atoms with van der Waals surface area (Å²) in [6.45, 7) is 0. The van der Waals surface area contributed by atoms with Crippen molar-refractivity contribution < 1.29 is 0 Å². The molecule has 5 aliphatic rings. The fraction of sp³-hybridized carbons (Fsp3) is 0.138. The van der Waals surface area contributed by atoms with E-state index in [1.165, 1.54) is 98.1 Å². The van der Waals surface area contributed by atoms with Crippen molar-refractivity contribution in [3.8, 4) is 33.4 Å². The Morgan fingerprint density at radius 1 is 0.574 bits per heavy atom. The normalized spacial score (nSPS) is 19.0. The van der Waals surface area contributed by atoms with E-state index in [-0.39, 0.29) is 11.8 Å². The molecule has 1 fully saturated rings. The van der Waals surface area contributed by atoms with E-state index in [9.17, 15) is 0 Å². The third-order valence-electron chi connectivity index (χ3n) is 14.7. The molecule has 1 aromatic heterocycles. The summed E-state index contributed by atoms with van der Waals surface area (Å²) in [6.07, 6.45) is 13.4. The van der Waals surface area contributed by atoms with Crippen LogP contribution in [0.25, 0.3) is 53.6 Å². The SMILES string of the molecule is NC1(N)C2=CCCC=C2C2CC=C(CC(c3ccc(-c4ccc5sc6ccccc6c5c4)cc3)c3cccc4c3-c3ccccc3C43c4ccccc4-c4ccccc43)C=C21. The second-order valence-corrected chi connectivity index (χ2v) is 18.8. The van der Waals surface area contributed by atoms with E-state index in [2.05, 4.69) is 182 Å². The quantitative estimate of drug-likeness (QED) is 0.170. The largest absolute Gasteiger partial charge is 0.306 e. The lowest BCUT2D eigenvalue weighted by Gasteiger charge is -2.31. The molecule has 13 rings (SSSR count). The molecule has 0 bridgehead atoms. The average molecular weight is 801 g/mol. The number of thiophene rings is 1. The molecule has 292 valence electrons. The van der Waals surface area contributed by atoms with E-state index in [1.807, 2.05) is 11.3 Å². The Bertz CT molecular complexity index is 3250. The van der Waals surface area contributed by atoms with Crippen LogP contribution in [0.15, 0.2) is 204 Å². The van der Waals surface area contributed by atoms with Gasteiger partial charge in [-0.05, 0) is 127 Å². The predicted molar refractivity (Wildman–Crippen MR) is 255 cm³/mol. The van der Waals surface area contributed by atoms with Crippen molar-refractivity contribution in [3.05, 3.63) is 238 Å². The number of nitrogens with two attached hydrogens (primary N) is 2. The number of rotatable bonds is 5. The van der Waals surface area contributed by atoms with Crippen LogP contribution < -0.4 is 11.5 Å². The molecule has 4 N–H and O–H groups in total. The van der Waals surface area contributed by atoms with Gasteiger partial charge in [-0.2, -0.15) is 0 Å². The zero-order valence-electron chi connectivity index (χ0n) is 33.9. The van der Waals surface area contributed by atoms with E-state index in [1.54, 1.807) is 0 Å². The highest BCUT2D eigenvalue weighted by Crippen LogP contribution is 2.64. The van der Waals surface area contributed by atoms with Gasteiger partial charge in [0.25, 0.3) is 0 Å². The van der Waals surface area contributed by atoms with Gasteiger partial charge in [0.2, 0.25) is 0 Å². The molecule has 61 heavy (non-hydrogen) atoms. The molecule has 2 unspecified atom stereocenters. The van der Waals surface area contributed by atoms with Gasteiger partial charge in [-0.3, -0.25) is 0 Å². The fourth-order valence-corrected chi connectivity index (χ4v) is 13.2. The minimum Gasteiger partial charge on any atom is -0.306 e. The zero-order chi connectivity index (χ0) is 40.5. The van der Waals surface area contributed by atoms with E-state index in [0.29, 0.717) is 0 Å². The van der Waals surface area contributed by atoms with Crippen LogP contribution in [0, 0.1) is 5.92 Å². The number of allylic oxidation sites excluding steroid dienone is 5. The molecule has 1 saturated carbocycles. The van der Waals surface area contributed by atoms with Gasteiger partial charge in [-0.1, -0.05) is 169 Å². The van der Waals surface area contributed by atoms with E-state index in [4.69, 9.17) is 11.5 Å². The van der Waals surface area contributed by atoms with E-state index >= 15 is 0 Å². The first-order chi connectivity index (χ1) is 30.0. The van der Waals surface area contributed by atoms with Crippen LogP contribution in [0.2, 0.25) is 0 Å². The average Bonchev–Trinajstić information content (AvgIpc) is 4.00. The number of fused-ring (bicyclic) bond motifs is 16. The first-order valence-electron chi connectivity index (χ1n) is 21.8. The fourth-order valence-electron chi connectivity index (χ4n) is 12.1. The number of hydrogen-bond donors (Lipinski definition) is 2. The molecule has 0 saturated heterocycles. The Balaban J connectivity index is 0.985. The van der Waals surface area contributed by atoms with E-state index in [0.717, 1.165) is 36.8 Å². The molecule has 8 aromatic rings. The van der Waals surface area contributed by atoms with Gasteiger partial charge in [0.05, 0.1) is 5.41 Å². The van der Waals surface area contributed by atoms with Crippen molar-refractivity contribution in [2.24, 2.45) is 17.4 Å².